The zero-order chi connectivity index (χ0) is 24.5. The lowest BCUT2D eigenvalue weighted by Gasteiger charge is -2.38. The number of ether oxygens (including phenoxy) is 1. The minimum Gasteiger partial charge on any atom is -0.493 e. The molecule has 9 nitrogen and oxygen atoms in total. The number of benzene rings is 1. The molecular weight excluding hydrogens is 448 g/mol. The van der Waals surface area contributed by atoms with E-state index in [1.165, 1.54) is 19.4 Å². The Labute approximate surface area is 195 Å². The van der Waals surface area contributed by atoms with Crippen molar-refractivity contribution >= 4 is 23.5 Å². The number of carbonyl (C=O) groups is 3. The van der Waals surface area contributed by atoms with Crippen LogP contribution in [0, 0.1) is 17.6 Å². The number of hydrogen-bond acceptors (Lipinski definition) is 6. The normalized spacial score (nSPS) is 21.2. The van der Waals surface area contributed by atoms with Crippen molar-refractivity contribution in [3.05, 3.63) is 53.9 Å². The molecule has 1 unspecified atom stereocenters. The molecule has 1 aromatic heterocycles. The Balaban J connectivity index is 1.44. The Morgan fingerprint density at radius 1 is 1.21 bits per heavy atom. The number of amides is 4. The average molecular weight is 473 g/mol. The molecule has 2 aliphatic heterocycles. The summed E-state index contributed by atoms with van der Waals surface area (Å²) >= 11 is 0. The smallest absolute Gasteiger partial charge is 0.322 e. The van der Waals surface area contributed by atoms with Crippen LogP contribution in [0.1, 0.15) is 19.0 Å². The molecule has 4 rings (SSSR count). The van der Waals surface area contributed by atoms with E-state index in [0.29, 0.717) is 37.6 Å². The largest absolute Gasteiger partial charge is 0.493 e. The molecule has 4 amide bonds. The van der Waals surface area contributed by atoms with E-state index in [1.54, 1.807) is 30.0 Å². The number of nitrogens with zero attached hydrogens (tertiary/aromatic N) is 3. The van der Waals surface area contributed by atoms with Crippen LogP contribution in [0.25, 0.3) is 0 Å². The number of hydrogen-bond donors (Lipinski definition) is 2. The van der Waals surface area contributed by atoms with Gasteiger partial charge >= 0.3 is 6.03 Å². The quantitative estimate of drug-likeness (QED) is 0.620. The minimum absolute atomic E-state index is 0.0427. The molecule has 2 aromatic rings. The maximum absolute atomic E-state index is 13.9. The molecular formula is C23H25F2N5O4. The number of urea groups is 1. The molecule has 3 heterocycles. The van der Waals surface area contributed by atoms with E-state index in [4.69, 9.17) is 4.74 Å². The highest BCUT2D eigenvalue weighted by Crippen LogP contribution is 2.32. The van der Waals surface area contributed by atoms with Gasteiger partial charge in [0.25, 0.3) is 5.91 Å². The third kappa shape index (κ3) is 4.25. The van der Waals surface area contributed by atoms with Crippen LogP contribution in [0.3, 0.4) is 0 Å². The number of imide groups is 1. The predicted octanol–water partition coefficient (Wildman–Crippen LogP) is 1.78. The lowest BCUT2D eigenvalue weighted by molar-refractivity contribution is -0.136. The molecule has 2 atom stereocenters. The Kier molecular flexibility index (Phi) is 6.36. The molecule has 34 heavy (non-hydrogen) atoms. The summed E-state index contributed by atoms with van der Waals surface area (Å²) in [6, 6.07) is 6.94. The Bertz CT molecular complexity index is 1110. The van der Waals surface area contributed by atoms with E-state index in [2.05, 4.69) is 15.6 Å². The van der Waals surface area contributed by atoms with Crippen molar-refractivity contribution in [1.29, 1.82) is 0 Å². The van der Waals surface area contributed by atoms with Gasteiger partial charge in [0.2, 0.25) is 11.7 Å². The molecule has 11 heteroatoms. The molecule has 2 saturated heterocycles. The highest BCUT2D eigenvalue weighted by atomic mass is 19.2. The summed E-state index contributed by atoms with van der Waals surface area (Å²) in [6.45, 7) is 3.25. The van der Waals surface area contributed by atoms with Crippen LogP contribution < -0.4 is 20.3 Å². The topological polar surface area (TPSA) is 104 Å². The van der Waals surface area contributed by atoms with Gasteiger partial charge in [-0.1, -0.05) is 13.0 Å². The van der Waals surface area contributed by atoms with Crippen LogP contribution in [0.4, 0.5) is 19.3 Å². The number of nitrogens with one attached hydrogen (secondary N) is 2. The van der Waals surface area contributed by atoms with Crippen molar-refractivity contribution in [3.63, 3.8) is 0 Å². The summed E-state index contributed by atoms with van der Waals surface area (Å²) in [5, 5.41) is 4.90. The number of piperazine rings is 1. The van der Waals surface area contributed by atoms with Gasteiger partial charge in [0, 0.05) is 56.1 Å². The van der Waals surface area contributed by atoms with Crippen molar-refractivity contribution < 1.29 is 27.9 Å². The van der Waals surface area contributed by atoms with Crippen molar-refractivity contribution in [2.75, 3.05) is 38.2 Å². The molecule has 180 valence electrons. The predicted molar refractivity (Wildman–Crippen MR) is 118 cm³/mol. The molecule has 1 aromatic carbocycles. The van der Waals surface area contributed by atoms with Gasteiger partial charge in [-0.15, -0.1) is 0 Å². The highest BCUT2D eigenvalue weighted by molar-refractivity contribution is 6.07. The van der Waals surface area contributed by atoms with Gasteiger partial charge in [-0.2, -0.15) is 4.39 Å². The lowest BCUT2D eigenvalue weighted by atomic mass is 9.84. The fourth-order valence-corrected chi connectivity index (χ4v) is 4.46. The molecule has 0 radical (unpaired) electrons. The fraction of sp³-hybridized carbons (Fsp3) is 0.391. The monoisotopic (exact) mass is 473 g/mol. The Morgan fingerprint density at radius 2 is 1.94 bits per heavy atom. The van der Waals surface area contributed by atoms with Crippen molar-refractivity contribution in [2.45, 2.75) is 18.9 Å². The zero-order valence-electron chi connectivity index (χ0n) is 18.8. The first-order valence-corrected chi connectivity index (χ1v) is 10.9. The van der Waals surface area contributed by atoms with E-state index in [1.807, 2.05) is 4.90 Å². The third-order valence-corrected chi connectivity index (χ3v) is 6.23. The molecule has 2 fully saturated rings. The second-order valence-electron chi connectivity index (χ2n) is 8.39. The number of carbonyl (C=O) groups excluding carboxylic acids is 3. The molecule has 2 N–H and O–H groups in total. The summed E-state index contributed by atoms with van der Waals surface area (Å²) in [6.07, 6.45) is 1.56. The average Bonchev–Trinajstić information content (AvgIpc) is 3.14. The fourth-order valence-electron chi connectivity index (χ4n) is 4.46. The van der Waals surface area contributed by atoms with Crippen LogP contribution in [0.2, 0.25) is 0 Å². The molecule has 2 aliphatic rings. The zero-order valence-corrected chi connectivity index (χ0v) is 18.8. The Morgan fingerprint density at radius 3 is 2.53 bits per heavy atom. The van der Waals surface area contributed by atoms with Gasteiger partial charge in [0.05, 0.1) is 12.8 Å². The SMILES string of the molecule is COc1cc(N2CCN(C(=O)C(C)C[C@@]3(c4ccccn4)NC(=O)NC3=O)CC2)cc(F)c1F. The standard InChI is InChI=1S/C23H25F2N5O4/c1-14(13-23(18-5-3-4-6-26-18)21(32)27-22(33)28-23)20(31)30-9-7-29(8-10-30)15-11-16(24)19(25)17(12-15)34-2/h3-6,11-12,14H,7-10,13H2,1-2H3,(H2,27,28,32,33)/t14?,23-/m0/s1. The van der Waals surface area contributed by atoms with Crippen molar-refractivity contribution in [1.82, 2.24) is 20.5 Å². The number of halogens is 2. The van der Waals surface area contributed by atoms with E-state index in [9.17, 15) is 23.2 Å². The van der Waals surface area contributed by atoms with E-state index in [0.717, 1.165) is 6.07 Å². The van der Waals surface area contributed by atoms with E-state index >= 15 is 0 Å². The summed E-state index contributed by atoms with van der Waals surface area (Å²) in [5.74, 6) is -3.54. The van der Waals surface area contributed by atoms with Crippen LogP contribution in [0.15, 0.2) is 36.5 Å². The number of anilines is 1. The van der Waals surface area contributed by atoms with Crippen molar-refractivity contribution in [2.24, 2.45) is 5.92 Å². The minimum atomic E-state index is -1.43. The second kappa shape index (κ2) is 9.24. The summed E-state index contributed by atoms with van der Waals surface area (Å²) in [4.78, 5) is 45.6. The number of methoxy groups -OCH3 is 1. The maximum atomic E-state index is 13.9. The summed E-state index contributed by atoms with van der Waals surface area (Å²) in [7, 11) is 1.27. The first-order valence-electron chi connectivity index (χ1n) is 10.9. The first-order chi connectivity index (χ1) is 16.2. The van der Waals surface area contributed by atoms with Crippen LogP contribution in [0.5, 0.6) is 5.75 Å². The number of aromatic nitrogens is 1. The molecule has 0 bridgehead atoms. The van der Waals surface area contributed by atoms with Gasteiger partial charge < -0.3 is 19.9 Å². The third-order valence-electron chi connectivity index (χ3n) is 6.23. The Hall–Kier alpha value is -3.76. The van der Waals surface area contributed by atoms with E-state index in [-0.39, 0.29) is 18.1 Å². The van der Waals surface area contributed by atoms with Gasteiger partial charge in [-0.25, -0.2) is 9.18 Å². The first kappa shape index (κ1) is 23.4. The van der Waals surface area contributed by atoms with Gasteiger partial charge in [0.15, 0.2) is 17.1 Å². The van der Waals surface area contributed by atoms with Crippen molar-refractivity contribution in [3.8, 4) is 5.75 Å². The molecule has 0 saturated carbocycles. The van der Waals surface area contributed by atoms with Crippen LogP contribution >= 0.6 is 0 Å². The van der Waals surface area contributed by atoms with Gasteiger partial charge in [0.1, 0.15) is 0 Å². The van der Waals surface area contributed by atoms with Gasteiger partial charge in [-0.3, -0.25) is 19.9 Å². The van der Waals surface area contributed by atoms with E-state index < -0.39 is 35.0 Å². The highest BCUT2D eigenvalue weighted by Gasteiger charge is 2.50. The second-order valence-corrected chi connectivity index (χ2v) is 8.39. The molecule has 0 aliphatic carbocycles. The number of rotatable bonds is 6. The van der Waals surface area contributed by atoms with Crippen LogP contribution in [-0.4, -0.2) is 61.0 Å². The van der Waals surface area contributed by atoms with Crippen LogP contribution in [-0.2, 0) is 15.1 Å². The number of pyridine rings is 1. The lowest BCUT2D eigenvalue weighted by Crippen LogP contribution is -2.52. The van der Waals surface area contributed by atoms with Gasteiger partial charge in [-0.05, 0) is 18.6 Å². The summed E-state index contributed by atoms with van der Waals surface area (Å²) < 4.78 is 32.6. The maximum Gasteiger partial charge on any atom is 0.322 e. The summed E-state index contributed by atoms with van der Waals surface area (Å²) in [5.41, 5.74) is -0.609. The molecule has 0 spiro atoms.